The van der Waals surface area contributed by atoms with Gasteiger partial charge in [-0.05, 0) is 43.2 Å². The molecule has 1 aromatic heterocycles. The van der Waals surface area contributed by atoms with Crippen molar-refractivity contribution in [3.63, 3.8) is 0 Å². The Morgan fingerprint density at radius 1 is 1.19 bits per heavy atom. The summed E-state index contributed by atoms with van der Waals surface area (Å²) in [6, 6.07) is 15.9. The van der Waals surface area contributed by atoms with Crippen LogP contribution in [0.4, 0.5) is 5.82 Å². The Morgan fingerprint density at radius 3 is 2.72 bits per heavy atom. The highest BCUT2D eigenvalue weighted by atomic mass is 16.5. The molecule has 2 aromatic carbocycles. The molecule has 1 atom stereocenters. The Morgan fingerprint density at radius 2 is 1.97 bits per heavy atom. The number of ether oxygens (including phenoxy) is 2. The molecule has 3 aromatic rings. The number of rotatable bonds is 6. The number of nitrogens with one attached hydrogen (secondary N) is 1. The maximum Gasteiger partial charge on any atom is 0.339 e. The van der Waals surface area contributed by atoms with Crippen LogP contribution in [0.5, 0.6) is 0 Å². The van der Waals surface area contributed by atoms with Crippen LogP contribution in [0.2, 0.25) is 0 Å². The minimum absolute atomic E-state index is 0.0738. The average molecular weight is 433 g/mol. The summed E-state index contributed by atoms with van der Waals surface area (Å²) >= 11 is 0. The van der Waals surface area contributed by atoms with Crippen LogP contribution >= 0.6 is 0 Å². The van der Waals surface area contributed by atoms with Gasteiger partial charge in [0.15, 0.2) is 6.61 Å². The molecule has 0 fully saturated rings. The Labute approximate surface area is 185 Å². The Bertz CT molecular complexity index is 1150. The number of hydrogen-bond donors (Lipinski definition) is 1. The molecule has 1 amide bonds. The highest BCUT2D eigenvalue weighted by Crippen LogP contribution is 2.31. The van der Waals surface area contributed by atoms with Crippen molar-refractivity contribution in [3.8, 4) is 0 Å². The number of benzene rings is 2. The summed E-state index contributed by atoms with van der Waals surface area (Å²) in [5.74, 6) is -1.01. The molecule has 4 rings (SSSR count). The summed E-state index contributed by atoms with van der Waals surface area (Å²) in [6.45, 7) is 3.45. The molecule has 0 radical (unpaired) electrons. The molecule has 0 saturated heterocycles. The summed E-state index contributed by atoms with van der Waals surface area (Å²) in [4.78, 5) is 37.1. The van der Waals surface area contributed by atoms with Crippen LogP contribution in [-0.2, 0) is 20.7 Å². The minimum atomic E-state index is -0.643. The highest BCUT2D eigenvalue weighted by Gasteiger charge is 2.28. The van der Waals surface area contributed by atoms with Crippen molar-refractivity contribution >= 4 is 23.7 Å². The molecular formula is C24H23N3O5. The Kier molecular flexibility index (Phi) is 6.02. The van der Waals surface area contributed by atoms with Gasteiger partial charge in [-0.2, -0.15) is 5.10 Å². The molecule has 2 heterocycles. The number of anilines is 1. The zero-order valence-corrected chi connectivity index (χ0v) is 17.8. The van der Waals surface area contributed by atoms with E-state index in [1.54, 1.807) is 29.1 Å². The lowest BCUT2D eigenvalue weighted by atomic mass is 9.93. The fourth-order valence-corrected chi connectivity index (χ4v) is 3.59. The summed E-state index contributed by atoms with van der Waals surface area (Å²) in [5, 5.41) is 6.82. The molecule has 32 heavy (non-hydrogen) atoms. The first-order chi connectivity index (χ1) is 15.4. The van der Waals surface area contributed by atoms with Gasteiger partial charge in [0.25, 0.3) is 5.91 Å². The maximum absolute atomic E-state index is 12.5. The second-order valence-corrected chi connectivity index (χ2v) is 7.76. The largest absolute Gasteiger partial charge is 0.454 e. The molecular weight excluding hydrogens is 410 g/mol. The van der Waals surface area contributed by atoms with Crippen LogP contribution < -0.4 is 5.32 Å². The number of fused-ring (bicyclic) bond motifs is 1. The Balaban J connectivity index is 1.41. The molecule has 1 N–H and O–H groups in total. The number of esters is 2. The molecule has 8 nitrogen and oxygen atoms in total. The molecule has 0 spiro atoms. The second-order valence-electron chi connectivity index (χ2n) is 7.76. The zero-order chi connectivity index (χ0) is 22.7. The van der Waals surface area contributed by atoms with Gasteiger partial charge in [-0.15, -0.1) is 0 Å². The summed E-state index contributed by atoms with van der Waals surface area (Å²) in [5.41, 5.74) is 2.28. The van der Waals surface area contributed by atoms with Gasteiger partial charge in [-0.25, -0.2) is 14.3 Å². The predicted molar refractivity (Wildman–Crippen MR) is 116 cm³/mol. The molecule has 1 aliphatic heterocycles. The number of cyclic esters (lactones) is 1. The van der Waals surface area contributed by atoms with Gasteiger partial charge in [0.1, 0.15) is 11.9 Å². The quantitative estimate of drug-likeness (QED) is 0.595. The van der Waals surface area contributed by atoms with Crippen molar-refractivity contribution < 1.29 is 23.9 Å². The number of carbonyl (C=O) groups excluding carboxylic acids is 3. The zero-order valence-electron chi connectivity index (χ0n) is 17.8. The van der Waals surface area contributed by atoms with E-state index in [0.717, 1.165) is 5.56 Å². The van der Waals surface area contributed by atoms with E-state index in [1.165, 1.54) is 6.07 Å². The number of amides is 1. The standard InChI is InChI=1S/C24H23N3O5/c1-15(2)27-21(10-11-25-27)26-22(28)14-31-23(29)17-8-9-19-18(12-17)13-20(32-24(19)30)16-6-4-3-5-7-16/h3-12,15,20H,13-14H2,1-2H3,(H,26,28)/t20-/m0/s1. The maximum atomic E-state index is 12.5. The van der Waals surface area contributed by atoms with Crippen LogP contribution in [0.15, 0.2) is 60.8 Å². The van der Waals surface area contributed by atoms with Crippen LogP contribution in [0, 0.1) is 0 Å². The second kappa shape index (κ2) is 9.05. The number of aromatic nitrogens is 2. The van der Waals surface area contributed by atoms with E-state index in [9.17, 15) is 14.4 Å². The van der Waals surface area contributed by atoms with Crippen LogP contribution in [0.3, 0.4) is 0 Å². The van der Waals surface area contributed by atoms with Crippen molar-refractivity contribution in [3.05, 3.63) is 83.0 Å². The SMILES string of the molecule is CC(C)n1nccc1NC(=O)COC(=O)c1ccc2c(c1)C[C@@H](c1ccccc1)OC2=O. The topological polar surface area (TPSA) is 99.5 Å². The number of nitrogens with zero attached hydrogens (tertiary/aromatic N) is 2. The molecule has 0 unspecified atom stereocenters. The van der Waals surface area contributed by atoms with Gasteiger partial charge in [0.2, 0.25) is 0 Å². The summed E-state index contributed by atoms with van der Waals surface area (Å²) < 4.78 is 12.4. The fourth-order valence-electron chi connectivity index (χ4n) is 3.59. The first kappa shape index (κ1) is 21.3. The van der Waals surface area contributed by atoms with Crippen molar-refractivity contribution in [2.24, 2.45) is 0 Å². The average Bonchev–Trinajstić information content (AvgIpc) is 3.26. The van der Waals surface area contributed by atoms with Crippen molar-refractivity contribution in [1.82, 2.24) is 9.78 Å². The van der Waals surface area contributed by atoms with Crippen LogP contribution in [-0.4, -0.2) is 34.2 Å². The third kappa shape index (κ3) is 4.54. The monoisotopic (exact) mass is 433 g/mol. The van der Waals surface area contributed by atoms with Crippen LogP contribution in [0.1, 0.15) is 57.8 Å². The molecule has 164 valence electrons. The van der Waals surface area contributed by atoms with E-state index in [4.69, 9.17) is 9.47 Å². The number of hydrogen-bond acceptors (Lipinski definition) is 6. The number of carbonyl (C=O) groups is 3. The smallest absolute Gasteiger partial charge is 0.339 e. The van der Waals surface area contributed by atoms with Crippen molar-refractivity contribution in [2.45, 2.75) is 32.4 Å². The first-order valence-electron chi connectivity index (χ1n) is 10.3. The van der Waals surface area contributed by atoms with Gasteiger partial charge >= 0.3 is 11.9 Å². The minimum Gasteiger partial charge on any atom is -0.454 e. The van der Waals surface area contributed by atoms with E-state index in [0.29, 0.717) is 23.4 Å². The van der Waals surface area contributed by atoms with E-state index in [2.05, 4.69) is 10.4 Å². The van der Waals surface area contributed by atoms with E-state index < -0.39 is 30.6 Å². The molecule has 0 aliphatic carbocycles. The summed E-state index contributed by atoms with van der Waals surface area (Å²) in [6.07, 6.45) is 1.62. The normalized spacial score (nSPS) is 15.1. The molecule has 8 heteroatoms. The Hall–Kier alpha value is -3.94. The molecule has 0 bridgehead atoms. The van der Waals surface area contributed by atoms with E-state index >= 15 is 0 Å². The summed E-state index contributed by atoms with van der Waals surface area (Å²) in [7, 11) is 0. The van der Waals surface area contributed by atoms with Gasteiger partial charge in [0, 0.05) is 18.5 Å². The third-order valence-electron chi connectivity index (χ3n) is 5.15. The third-order valence-corrected chi connectivity index (χ3v) is 5.15. The lowest BCUT2D eigenvalue weighted by Gasteiger charge is -2.25. The predicted octanol–water partition coefficient (Wildman–Crippen LogP) is 3.71. The highest BCUT2D eigenvalue weighted by molar-refractivity contribution is 5.97. The van der Waals surface area contributed by atoms with Crippen LogP contribution in [0.25, 0.3) is 0 Å². The fraction of sp³-hybridized carbons (Fsp3) is 0.250. The van der Waals surface area contributed by atoms with Gasteiger partial charge in [-0.1, -0.05) is 30.3 Å². The van der Waals surface area contributed by atoms with Crippen molar-refractivity contribution in [1.29, 1.82) is 0 Å². The lowest BCUT2D eigenvalue weighted by molar-refractivity contribution is -0.119. The van der Waals surface area contributed by atoms with Gasteiger partial charge < -0.3 is 14.8 Å². The van der Waals surface area contributed by atoms with Gasteiger partial charge in [0.05, 0.1) is 17.3 Å². The van der Waals surface area contributed by atoms with Gasteiger partial charge in [-0.3, -0.25) is 4.79 Å². The lowest BCUT2D eigenvalue weighted by Crippen LogP contribution is -2.24. The molecule has 0 saturated carbocycles. The first-order valence-corrected chi connectivity index (χ1v) is 10.3. The van der Waals surface area contributed by atoms with Crippen molar-refractivity contribution in [2.75, 3.05) is 11.9 Å². The van der Waals surface area contributed by atoms with E-state index in [-0.39, 0.29) is 11.6 Å². The van der Waals surface area contributed by atoms with E-state index in [1.807, 2.05) is 44.2 Å². The molecule has 1 aliphatic rings.